The smallest absolute Gasteiger partial charge is 0.225 e. The van der Waals surface area contributed by atoms with E-state index in [1.54, 1.807) is 0 Å². The van der Waals surface area contributed by atoms with Crippen molar-refractivity contribution in [1.82, 2.24) is 9.97 Å². The van der Waals surface area contributed by atoms with Crippen LogP contribution in [0, 0.1) is 20.8 Å². The standard InChI is InChI=1S/C20H21ClN4/c1-13-4-9-18(10-14(13)2)24-19-11-15(3)23-20(25-19)22-12-16-5-7-17(21)8-6-16/h4-11H,12H2,1-3H3,(H2,22,23,24,25). The minimum absolute atomic E-state index is 0.598. The maximum Gasteiger partial charge on any atom is 0.225 e. The molecule has 0 saturated heterocycles. The molecule has 2 aromatic carbocycles. The fourth-order valence-electron chi connectivity index (χ4n) is 2.46. The highest BCUT2D eigenvalue weighted by Gasteiger charge is 2.04. The van der Waals surface area contributed by atoms with Crippen LogP contribution in [0.1, 0.15) is 22.4 Å². The van der Waals surface area contributed by atoms with Crippen LogP contribution in [-0.2, 0) is 6.54 Å². The van der Waals surface area contributed by atoms with E-state index in [1.165, 1.54) is 11.1 Å². The number of rotatable bonds is 5. The summed E-state index contributed by atoms with van der Waals surface area (Å²) in [7, 11) is 0. The van der Waals surface area contributed by atoms with Crippen molar-refractivity contribution < 1.29 is 0 Å². The number of hydrogen-bond donors (Lipinski definition) is 2. The highest BCUT2D eigenvalue weighted by atomic mass is 35.5. The number of anilines is 3. The Morgan fingerprint density at radius 1 is 0.880 bits per heavy atom. The lowest BCUT2D eigenvalue weighted by atomic mass is 10.1. The van der Waals surface area contributed by atoms with Gasteiger partial charge in [0.15, 0.2) is 0 Å². The van der Waals surface area contributed by atoms with E-state index in [0.717, 1.165) is 27.8 Å². The van der Waals surface area contributed by atoms with Gasteiger partial charge >= 0.3 is 0 Å². The minimum atomic E-state index is 0.598. The van der Waals surface area contributed by atoms with Crippen LogP contribution >= 0.6 is 11.6 Å². The Morgan fingerprint density at radius 2 is 1.64 bits per heavy atom. The molecule has 5 heteroatoms. The summed E-state index contributed by atoms with van der Waals surface area (Å²) < 4.78 is 0. The summed E-state index contributed by atoms with van der Waals surface area (Å²) in [6, 6.07) is 15.9. The van der Waals surface area contributed by atoms with Crippen LogP contribution in [-0.4, -0.2) is 9.97 Å². The zero-order chi connectivity index (χ0) is 17.8. The van der Waals surface area contributed by atoms with Crippen LogP contribution in [0.25, 0.3) is 0 Å². The SMILES string of the molecule is Cc1cc(Nc2ccc(C)c(C)c2)nc(NCc2ccc(Cl)cc2)n1. The quantitative estimate of drug-likeness (QED) is 0.644. The van der Waals surface area contributed by atoms with Gasteiger partial charge in [0.05, 0.1) is 0 Å². The molecule has 0 saturated carbocycles. The van der Waals surface area contributed by atoms with Crippen molar-refractivity contribution in [1.29, 1.82) is 0 Å². The third-order valence-corrected chi connectivity index (χ3v) is 4.25. The lowest BCUT2D eigenvalue weighted by molar-refractivity contribution is 1.03. The number of halogens is 1. The van der Waals surface area contributed by atoms with E-state index in [4.69, 9.17) is 11.6 Å². The molecule has 0 aliphatic rings. The first-order valence-corrected chi connectivity index (χ1v) is 8.56. The second-order valence-corrected chi connectivity index (χ2v) is 6.56. The molecule has 0 radical (unpaired) electrons. The first-order chi connectivity index (χ1) is 12.0. The first-order valence-electron chi connectivity index (χ1n) is 8.18. The van der Waals surface area contributed by atoms with E-state index in [0.29, 0.717) is 12.5 Å². The Morgan fingerprint density at radius 3 is 2.36 bits per heavy atom. The highest BCUT2D eigenvalue weighted by molar-refractivity contribution is 6.30. The molecule has 3 aromatic rings. The van der Waals surface area contributed by atoms with Crippen LogP contribution in [0.4, 0.5) is 17.5 Å². The van der Waals surface area contributed by atoms with Gasteiger partial charge in [-0.3, -0.25) is 0 Å². The zero-order valence-electron chi connectivity index (χ0n) is 14.6. The minimum Gasteiger partial charge on any atom is -0.350 e. The fraction of sp³-hybridized carbons (Fsp3) is 0.200. The molecule has 0 amide bonds. The Bertz CT molecular complexity index is 875. The molecule has 1 heterocycles. The average Bonchev–Trinajstić information content (AvgIpc) is 2.57. The van der Waals surface area contributed by atoms with Gasteiger partial charge in [0.1, 0.15) is 5.82 Å². The zero-order valence-corrected chi connectivity index (χ0v) is 15.4. The molecule has 0 aliphatic heterocycles. The second kappa shape index (κ2) is 7.53. The van der Waals surface area contributed by atoms with E-state index < -0.39 is 0 Å². The molecule has 0 atom stereocenters. The first kappa shape index (κ1) is 17.2. The number of aryl methyl sites for hydroxylation is 3. The molecular weight excluding hydrogens is 332 g/mol. The molecule has 0 unspecified atom stereocenters. The van der Waals surface area contributed by atoms with Gasteiger partial charge < -0.3 is 10.6 Å². The Balaban J connectivity index is 1.73. The third-order valence-electron chi connectivity index (χ3n) is 4.00. The maximum atomic E-state index is 5.91. The van der Waals surface area contributed by atoms with Gasteiger partial charge in [-0.2, -0.15) is 4.98 Å². The largest absolute Gasteiger partial charge is 0.350 e. The maximum absolute atomic E-state index is 5.91. The number of benzene rings is 2. The van der Waals surface area contributed by atoms with E-state index in [9.17, 15) is 0 Å². The van der Waals surface area contributed by atoms with Crippen molar-refractivity contribution in [3.05, 3.63) is 75.9 Å². The Hall–Kier alpha value is -2.59. The van der Waals surface area contributed by atoms with Crippen LogP contribution in [0.15, 0.2) is 48.5 Å². The van der Waals surface area contributed by atoms with Crippen molar-refractivity contribution in [2.75, 3.05) is 10.6 Å². The summed E-state index contributed by atoms with van der Waals surface area (Å²) in [5.74, 6) is 1.37. The number of nitrogens with one attached hydrogen (secondary N) is 2. The van der Waals surface area contributed by atoms with Gasteiger partial charge in [-0.1, -0.05) is 29.8 Å². The molecule has 3 rings (SSSR count). The highest BCUT2D eigenvalue weighted by Crippen LogP contribution is 2.20. The lowest BCUT2D eigenvalue weighted by Gasteiger charge is -2.11. The molecule has 0 spiro atoms. The van der Waals surface area contributed by atoms with E-state index in [-0.39, 0.29) is 0 Å². The second-order valence-electron chi connectivity index (χ2n) is 6.12. The van der Waals surface area contributed by atoms with Crippen molar-refractivity contribution in [3.8, 4) is 0 Å². The normalized spacial score (nSPS) is 10.6. The summed E-state index contributed by atoms with van der Waals surface area (Å²) >= 11 is 5.91. The van der Waals surface area contributed by atoms with Gasteiger partial charge in [0.25, 0.3) is 0 Å². The topological polar surface area (TPSA) is 49.8 Å². The van der Waals surface area contributed by atoms with E-state index in [1.807, 2.05) is 37.3 Å². The van der Waals surface area contributed by atoms with E-state index >= 15 is 0 Å². The molecule has 25 heavy (non-hydrogen) atoms. The summed E-state index contributed by atoms with van der Waals surface area (Å²) in [6.45, 7) is 6.81. The Kier molecular flexibility index (Phi) is 5.19. The molecule has 0 aliphatic carbocycles. The average molecular weight is 353 g/mol. The fourth-order valence-corrected chi connectivity index (χ4v) is 2.59. The van der Waals surface area contributed by atoms with Crippen LogP contribution in [0.3, 0.4) is 0 Å². The molecule has 1 aromatic heterocycles. The third kappa shape index (κ3) is 4.70. The van der Waals surface area contributed by atoms with E-state index in [2.05, 4.69) is 52.6 Å². The summed E-state index contributed by atoms with van der Waals surface area (Å²) in [5, 5.41) is 7.34. The molecular formula is C20H21ClN4. The lowest BCUT2D eigenvalue weighted by Crippen LogP contribution is -2.06. The van der Waals surface area contributed by atoms with Gasteiger partial charge in [0.2, 0.25) is 5.95 Å². The van der Waals surface area contributed by atoms with Gasteiger partial charge in [-0.15, -0.1) is 0 Å². The summed E-state index contributed by atoms with van der Waals surface area (Å²) in [5.41, 5.74) is 5.56. The van der Waals surface area contributed by atoms with Gasteiger partial charge in [0, 0.05) is 29.0 Å². The molecule has 0 bridgehead atoms. The molecule has 128 valence electrons. The van der Waals surface area contributed by atoms with Crippen LogP contribution in [0.5, 0.6) is 0 Å². The van der Waals surface area contributed by atoms with Crippen LogP contribution < -0.4 is 10.6 Å². The van der Waals surface area contributed by atoms with Crippen LogP contribution in [0.2, 0.25) is 5.02 Å². The molecule has 4 nitrogen and oxygen atoms in total. The van der Waals surface area contributed by atoms with Crippen molar-refractivity contribution >= 4 is 29.1 Å². The van der Waals surface area contributed by atoms with Crippen molar-refractivity contribution in [2.24, 2.45) is 0 Å². The van der Waals surface area contributed by atoms with Crippen molar-refractivity contribution in [2.45, 2.75) is 27.3 Å². The summed E-state index contributed by atoms with van der Waals surface area (Å²) in [6.07, 6.45) is 0. The predicted molar refractivity (Wildman–Crippen MR) is 105 cm³/mol. The number of aromatic nitrogens is 2. The number of hydrogen-bond acceptors (Lipinski definition) is 4. The van der Waals surface area contributed by atoms with Crippen molar-refractivity contribution in [3.63, 3.8) is 0 Å². The molecule has 2 N–H and O–H groups in total. The monoisotopic (exact) mass is 352 g/mol. The molecule has 0 fully saturated rings. The number of nitrogens with zero attached hydrogens (tertiary/aromatic N) is 2. The van der Waals surface area contributed by atoms with Gasteiger partial charge in [-0.25, -0.2) is 4.98 Å². The summed E-state index contributed by atoms with van der Waals surface area (Å²) in [4.78, 5) is 9.01. The predicted octanol–water partition coefficient (Wildman–Crippen LogP) is 5.41. The Labute approximate surface area is 153 Å². The van der Waals surface area contributed by atoms with Gasteiger partial charge in [-0.05, 0) is 61.7 Å².